The van der Waals surface area contributed by atoms with Crippen LogP contribution in [0.2, 0.25) is 0 Å². The van der Waals surface area contributed by atoms with E-state index in [0.29, 0.717) is 12.1 Å². The molecule has 2 N–H and O–H groups in total. The molecular weight excluding hydrogens is 395 g/mol. The van der Waals surface area contributed by atoms with Crippen LogP contribution >= 0.6 is 35.7 Å². The van der Waals surface area contributed by atoms with Gasteiger partial charge in [0.25, 0.3) is 0 Å². The number of aliphatic imine (C=N–C) groups is 1. The van der Waals surface area contributed by atoms with Crippen LogP contribution in [-0.4, -0.2) is 61.1 Å². The van der Waals surface area contributed by atoms with E-state index >= 15 is 0 Å². The largest absolute Gasteiger partial charge is 0.357 e. The van der Waals surface area contributed by atoms with E-state index in [1.165, 1.54) is 5.75 Å². The number of hydrogen-bond donors (Lipinski definition) is 2. The van der Waals surface area contributed by atoms with Crippen LogP contribution in [0.3, 0.4) is 0 Å². The molecule has 0 radical (unpaired) electrons. The zero-order valence-corrected chi connectivity index (χ0v) is 17.8. The van der Waals surface area contributed by atoms with Gasteiger partial charge in [-0.3, -0.25) is 9.89 Å². The lowest BCUT2D eigenvalue weighted by Gasteiger charge is -2.30. The summed E-state index contributed by atoms with van der Waals surface area (Å²) < 4.78 is 0. The van der Waals surface area contributed by atoms with Crippen molar-refractivity contribution in [2.24, 2.45) is 4.99 Å². The highest BCUT2D eigenvalue weighted by Crippen LogP contribution is 2.03. The average Bonchev–Trinajstić information content (AvgIpc) is 2.38. The Labute approximate surface area is 153 Å². The van der Waals surface area contributed by atoms with Crippen LogP contribution in [0, 0.1) is 0 Å². The molecule has 0 aromatic rings. The SMILES string of the molecule is CCNC(=NCCCSC)NCCN(C(C)C)C(C)C.I. The monoisotopic (exact) mass is 430 g/mol. The number of thioether (sulfide) groups is 1. The van der Waals surface area contributed by atoms with Gasteiger partial charge in [-0.05, 0) is 53.0 Å². The topological polar surface area (TPSA) is 39.7 Å². The summed E-state index contributed by atoms with van der Waals surface area (Å²) in [4.78, 5) is 7.09. The number of nitrogens with one attached hydrogen (secondary N) is 2. The van der Waals surface area contributed by atoms with Crippen LogP contribution in [0.25, 0.3) is 0 Å². The number of hydrogen-bond acceptors (Lipinski definition) is 3. The van der Waals surface area contributed by atoms with Gasteiger partial charge in [0.15, 0.2) is 5.96 Å². The summed E-state index contributed by atoms with van der Waals surface area (Å²) in [6.45, 7) is 14.9. The van der Waals surface area contributed by atoms with Crippen molar-refractivity contribution in [1.29, 1.82) is 0 Å². The van der Waals surface area contributed by atoms with Gasteiger partial charge >= 0.3 is 0 Å². The minimum absolute atomic E-state index is 0. The van der Waals surface area contributed by atoms with Crippen molar-refractivity contribution in [1.82, 2.24) is 15.5 Å². The Morgan fingerprint density at radius 2 is 1.76 bits per heavy atom. The van der Waals surface area contributed by atoms with Gasteiger partial charge in [0.1, 0.15) is 0 Å². The third-order valence-electron chi connectivity index (χ3n) is 3.11. The van der Waals surface area contributed by atoms with Crippen LogP contribution in [0.4, 0.5) is 0 Å². The maximum Gasteiger partial charge on any atom is 0.191 e. The molecule has 0 bridgehead atoms. The van der Waals surface area contributed by atoms with Crippen LogP contribution in [0.15, 0.2) is 4.99 Å². The third kappa shape index (κ3) is 12.5. The van der Waals surface area contributed by atoms with E-state index in [1.54, 1.807) is 0 Å². The van der Waals surface area contributed by atoms with E-state index in [2.05, 4.69) is 61.4 Å². The second-order valence-corrected chi connectivity index (χ2v) is 6.44. The molecular formula is C15H35IN4S. The molecule has 4 nitrogen and oxygen atoms in total. The molecule has 0 heterocycles. The van der Waals surface area contributed by atoms with Crippen molar-refractivity contribution in [3.63, 3.8) is 0 Å². The molecule has 0 rings (SSSR count). The van der Waals surface area contributed by atoms with Gasteiger partial charge in [-0.25, -0.2) is 0 Å². The van der Waals surface area contributed by atoms with Gasteiger partial charge in [0, 0.05) is 38.3 Å². The Kier molecular flexibility index (Phi) is 17.1. The van der Waals surface area contributed by atoms with Crippen LogP contribution in [0.5, 0.6) is 0 Å². The molecule has 0 saturated heterocycles. The van der Waals surface area contributed by atoms with Crippen molar-refractivity contribution in [3.05, 3.63) is 0 Å². The maximum atomic E-state index is 4.60. The molecule has 0 saturated carbocycles. The molecule has 21 heavy (non-hydrogen) atoms. The molecule has 0 aliphatic carbocycles. The predicted octanol–water partition coefficient (Wildman–Crippen LogP) is 3.03. The standard InChI is InChI=1S/C15H34N4S.HI/c1-7-16-15(17-9-8-12-20-6)18-10-11-19(13(2)3)14(4)5;/h13-14H,7-12H2,1-6H3,(H2,16,17,18);1H. The lowest BCUT2D eigenvalue weighted by molar-refractivity contribution is 0.178. The van der Waals surface area contributed by atoms with Crippen LogP contribution in [-0.2, 0) is 0 Å². The fourth-order valence-corrected chi connectivity index (χ4v) is 2.58. The number of nitrogens with zero attached hydrogens (tertiary/aromatic N) is 2. The highest BCUT2D eigenvalue weighted by atomic mass is 127. The molecule has 0 unspecified atom stereocenters. The molecule has 0 fully saturated rings. The van der Waals surface area contributed by atoms with E-state index in [1.807, 2.05) is 11.8 Å². The first-order valence-corrected chi connectivity index (χ1v) is 9.19. The quantitative estimate of drug-likeness (QED) is 0.242. The van der Waals surface area contributed by atoms with Crippen LogP contribution in [0.1, 0.15) is 41.0 Å². The van der Waals surface area contributed by atoms with Crippen molar-refractivity contribution in [2.45, 2.75) is 53.1 Å². The van der Waals surface area contributed by atoms with Crippen molar-refractivity contribution >= 4 is 41.7 Å². The molecule has 0 aromatic heterocycles. The first-order chi connectivity index (χ1) is 9.52. The number of rotatable bonds is 10. The lowest BCUT2D eigenvalue weighted by Crippen LogP contribution is -2.45. The normalized spacial score (nSPS) is 12.0. The minimum atomic E-state index is 0. The molecule has 6 heteroatoms. The molecule has 0 atom stereocenters. The summed E-state index contributed by atoms with van der Waals surface area (Å²) >= 11 is 1.88. The second-order valence-electron chi connectivity index (χ2n) is 5.46. The summed E-state index contributed by atoms with van der Waals surface area (Å²) in [6.07, 6.45) is 3.28. The van der Waals surface area contributed by atoms with E-state index < -0.39 is 0 Å². The van der Waals surface area contributed by atoms with E-state index in [9.17, 15) is 0 Å². The van der Waals surface area contributed by atoms with E-state index in [0.717, 1.165) is 38.6 Å². The summed E-state index contributed by atoms with van der Waals surface area (Å²) in [7, 11) is 0. The van der Waals surface area contributed by atoms with Gasteiger partial charge in [-0.1, -0.05) is 0 Å². The van der Waals surface area contributed by atoms with Crippen molar-refractivity contribution in [3.8, 4) is 0 Å². The number of halogens is 1. The molecule has 0 spiro atoms. The predicted molar refractivity (Wildman–Crippen MR) is 109 cm³/mol. The Hall–Kier alpha value is 0.310. The second kappa shape index (κ2) is 15.2. The van der Waals surface area contributed by atoms with Gasteiger partial charge in [0.05, 0.1) is 0 Å². The van der Waals surface area contributed by atoms with Crippen molar-refractivity contribution in [2.75, 3.05) is 38.2 Å². The molecule has 0 aliphatic heterocycles. The van der Waals surface area contributed by atoms with Gasteiger partial charge in [-0.2, -0.15) is 11.8 Å². The molecule has 0 aliphatic rings. The summed E-state index contributed by atoms with van der Waals surface area (Å²) in [5, 5.41) is 6.73. The van der Waals surface area contributed by atoms with Crippen LogP contribution < -0.4 is 10.6 Å². The summed E-state index contributed by atoms with van der Waals surface area (Å²) in [5.41, 5.74) is 0. The lowest BCUT2D eigenvalue weighted by atomic mass is 10.2. The molecule has 128 valence electrons. The Morgan fingerprint density at radius 3 is 2.24 bits per heavy atom. The summed E-state index contributed by atoms with van der Waals surface area (Å²) in [5.74, 6) is 2.12. The molecule has 0 amide bonds. The Bertz CT molecular complexity index is 252. The van der Waals surface area contributed by atoms with Gasteiger partial charge in [-0.15, -0.1) is 24.0 Å². The zero-order chi connectivity index (χ0) is 15.4. The fourth-order valence-electron chi connectivity index (χ4n) is 2.16. The first-order valence-electron chi connectivity index (χ1n) is 7.79. The Balaban J connectivity index is 0. The zero-order valence-electron chi connectivity index (χ0n) is 14.6. The molecule has 0 aromatic carbocycles. The minimum Gasteiger partial charge on any atom is -0.357 e. The van der Waals surface area contributed by atoms with Crippen molar-refractivity contribution < 1.29 is 0 Å². The number of guanidine groups is 1. The van der Waals surface area contributed by atoms with E-state index in [4.69, 9.17) is 0 Å². The van der Waals surface area contributed by atoms with Gasteiger partial charge in [0.2, 0.25) is 0 Å². The summed E-state index contributed by atoms with van der Waals surface area (Å²) in [6, 6.07) is 1.16. The van der Waals surface area contributed by atoms with Gasteiger partial charge < -0.3 is 10.6 Å². The highest BCUT2D eigenvalue weighted by Gasteiger charge is 2.12. The highest BCUT2D eigenvalue weighted by molar-refractivity contribution is 14.0. The average molecular weight is 430 g/mol. The van der Waals surface area contributed by atoms with E-state index in [-0.39, 0.29) is 24.0 Å². The third-order valence-corrected chi connectivity index (χ3v) is 3.81. The first kappa shape index (κ1) is 23.6. The fraction of sp³-hybridized carbons (Fsp3) is 0.933. The smallest absolute Gasteiger partial charge is 0.191 e. The maximum absolute atomic E-state index is 4.60. The Morgan fingerprint density at radius 1 is 1.14 bits per heavy atom.